The van der Waals surface area contributed by atoms with E-state index in [9.17, 15) is 15.3 Å². The van der Waals surface area contributed by atoms with Gasteiger partial charge in [-0.1, -0.05) is 32.0 Å². The number of rotatable bonds is 4. The van der Waals surface area contributed by atoms with Crippen LogP contribution in [0.4, 0.5) is 11.5 Å². The fourth-order valence-electron chi connectivity index (χ4n) is 3.78. The number of ether oxygens (including phenoxy) is 1. The van der Waals surface area contributed by atoms with Crippen molar-refractivity contribution in [2.45, 2.75) is 44.6 Å². The zero-order valence-electron chi connectivity index (χ0n) is 15.7. The Kier molecular flexibility index (Phi) is 4.84. The first-order valence-electron chi connectivity index (χ1n) is 9.33. The minimum absolute atomic E-state index is 0.155. The van der Waals surface area contributed by atoms with Crippen LogP contribution in [0.1, 0.15) is 25.8 Å². The molecule has 2 aromatic rings. The first-order valence-corrected chi connectivity index (χ1v) is 9.33. The molecule has 0 spiro atoms. The monoisotopic (exact) mass is 387 g/mol. The molecule has 0 saturated carbocycles. The molecule has 1 aromatic heterocycles. The molecule has 9 nitrogen and oxygen atoms in total. The van der Waals surface area contributed by atoms with E-state index in [-0.39, 0.29) is 17.9 Å². The SMILES string of the molecule is CC(C)[C@H]1Nc2c(ncn2[C@@H]2O[C@H](CO)[C@@H](O)[C@H]2O)C(=N)N1c1ccccc1. The number of amidine groups is 1. The molecule has 5 N–H and O–H groups in total. The maximum atomic E-state index is 10.4. The van der Waals surface area contributed by atoms with E-state index in [4.69, 9.17) is 10.1 Å². The van der Waals surface area contributed by atoms with Crippen LogP contribution in [0.5, 0.6) is 0 Å². The minimum Gasteiger partial charge on any atom is -0.394 e. The molecule has 0 bridgehead atoms. The second kappa shape index (κ2) is 7.17. The fourth-order valence-corrected chi connectivity index (χ4v) is 3.78. The maximum Gasteiger partial charge on any atom is 0.165 e. The van der Waals surface area contributed by atoms with Gasteiger partial charge in [0.2, 0.25) is 0 Å². The molecule has 5 atom stereocenters. The van der Waals surface area contributed by atoms with E-state index in [0.29, 0.717) is 11.5 Å². The van der Waals surface area contributed by atoms with Crippen molar-refractivity contribution >= 4 is 17.3 Å². The Morgan fingerprint density at radius 1 is 1.21 bits per heavy atom. The van der Waals surface area contributed by atoms with Gasteiger partial charge in [0.05, 0.1) is 12.9 Å². The fraction of sp³-hybridized carbons (Fsp3) is 0.474. The minimum atomic E-state index is -1.21. The largest absolute Gasteiger partial charge is 0.394 e. The average molecular weight is 387 g/mol. The number of nitrogens with zero attached hydrogens (tertiary/aromatic N) is 3. The van der Waals surface area contributed by atoms with E-state index < -0.39 is 31.1 Å². The summed E-state index contributed by atoms with van der Waals surface area (Å²) in [4.78, 5) is 6.25. The molecule has 3 heterocycles. The van der Waals surface area contributed by atoms with Crippen LogP contribution in [0.2, 0.25) is 0 Å². The lowest BCUT2D eigenvalue weighted by Crippen LogP contribution is -2.52. The number of benzene rings is 1. The number of hydrogen-bond donors (Lipinski definition) is 5. The van der Waals surface area contributed by atoms with Gasteiger partial charge in [0, 0.05) is 5.69 Å². The molecule has 4 rings (SSSR count). The van der Waals surface area contributed by atoms with Crippen LogP contribution in [0.25, 0.3) is 0 Å². The summed E-state index contributed by atoms with van der Waals surface area (Å²) in [6, 6.07) is 9.66. The van der Waals surface area contributed by atoms with E-state index in [1.807, 2.05) is 35.2 Å². The van der Waals surface area contributed by atoms with E-state index in [2.05, 4.69) is 24.1 Å². The number of aliphatic hydroxyl groups excluding tert-OH is 3. The number of fused-ring (bicyclic) bond motifs is 1. The van der Waals surface area contributed by atoms with Crippen LogP contribution in [-0.4, -0.2) is 61.8 Å². The van der Waals surface area contributed by atoms with Crippen LogP contribution in [0, 0.1) is 11.3 Å². The van der Waals surface area contributed by atoms with E-state index >= 15 is 0 Å². The molecule has 2 aliphatic heterocycles. The van der Waals surface area contributed by atoms with Crippen molar-refractivity contribution < 1.29 is 20.1 Å². The van der Waals surface area contributed by atoms with Gasteiger partial charge in [0.25, 0.3) is 0 Å². The molecule has 1 saturated heterocycles. The van der Waals surface area contributed by atoms with Gasteiger partial charge < -0.3 is 30.3 Å². The Hall–Kier alpha value is -2.46. The molecule has 1 fully saturated rings. The molecule has 1 aromatic carbocycles. The van der Waals surface area contributed by atoms with Crippen molar-refractivity contribution in [1.29, 1.82) is 5.41 Å². The average Bonchev–Trinajstić information content (AvgIpc) is 3.24. The van der Waals surface area contributed by atoms with Gasteiger partial charge in [-0.05, 0) is 18.1 Å². The quantitative estimate of drug-likeness (QED) is 0.523. The Labute approximate surface area is 162 Å². The third kappa shape index (κ3) is 2.87. The highest BCUT2D eigenvalue weighted by atomic mass is 16.6. The Morgan fingerprint density at radius 3 is 2.54 bits per heavy atom. The first kappa shape index (κ1) is 18.9. The zero-order valence-corrected chi connectivity index (χ0v) is 15.7. The summed E-state index contributed by atoms with van der Waals surface area (Å²) >= 11 is 0. The second-order valence-electron chi connectivity index (χ2n) is 7.47. The number of para-hydroxylation sites is 1. The van der Waals surface area contributed by atoms with Crippen LogP contribution >= 0.6 is 0 Å². The number of aliphatic hydroxyl groups is 3. The second-order valence-corrected chi connectivity index (χ2v) is 7.47. The number of aromatic nitrogens is 2. The predicted molar refractivity (Wildman–Crippen MR) is 103 cm³/mol. The summed E-state index contributed by atoms with van der Waals surface area (Å²) in [6.45, 7) is 3.71. The van der Waals surface area contributed by atoms with Crippen molar-refractivity contribution in [2.24, 2.45) is 5.92 Å². The third-order valence-electron chi connectivity index (χ3n) is 5.28. The maximum absolute atomic E-state index is 10.4. The zero-order chi connectivity index (χ0) is 20.0. The lowest BCUT2D eigenvalue weighted by molar-refractivity contribution is -0.0519. The normalized spacial score (nSPS) is 29.9. The van der Waals surface area contributed by atoms with Crippen LogP contribution < -0.4 is 10.2 Å². The van der Waals surface area contributed by atoms with Crippen LogP contribution in [0.3, 0.4) is 0 Å². The Morgan fingerprint density at radius 2 is 1.93 bits per heavy atom. The summed E-state index contributed by atoms with van der Waals surface area (Å²) in [5.74, 6) is 0.942. The Bertz CT molecular complexity index is 855. The number of anilines is 2. The molecule has 0 aliphatic carbocycles. The van der Waals surface area contributed by atoms with Gasteiger partial charge in [-0.3, -0.25) is 9.98 Å². The van der Waals surface area contributed by atoms with Gasteiger partial charge in [-0.25, -0.2) is 4.98 Å². The highest BCUT2D eigenvalue weighted by Crippen LogP contribution is 2.37. The number of imidazole rings is 1. The Balaban J connectivity index is 1.73. The highest BCUT2D eigenvalue weighted by Gasteiger charge is 2.45. The van der Waals surface area contributed by atoms with E-state index in [1.54, 1.807) is 4.57 Å². The molecule has 0 radical (unpaired) electrons. The van der Waals surface area contributed by atoms with Gasteiger partial charge in [0.15, 0.2) is 12.1 Å². The number of hydrogen-bond acceptors (Lipinski definition) is 7. The summed E-state index contributed by atoms with van der Waals surface area (Å²) in [7, 11) is 0. The number of nitrogens with one attached hydrogen (secondary N) is 2. The predicted octanol–water partition coefficient (Wildman–Crippen LogP) is 0.734. The van der Waals surface area contributed by atoms with Gasteiger partial charge in [-0.15, -0.1) is 0 Å². The summed E-state index contributed by atoms with van der Waals surface area (Å²) < 4.78 is 7.23. The van der Waals surface area contributed by atoms with Crippen LogP contribution in [-0.2, 0) is 4.74 Å². The van der Waals surface area contributed by atoms with Crippen LogP contribution in [0.15, 0.2) is 36.7 Å². The standard InChI is InChI=1S/C19H25N5O4/c1-10(2)17-22-18-13(16(20)24(17)11-6-4-3-5-7-11)21-9-23(18)19-15(27)14(26)12(8-25)28-19/h3-7,9-10,12,14-15,17,19-20,22,25-27H,8H2,1-2H3/t12-,14-,15-,17+,19-/m1/s1. The molecule has 150 valence electrons. The van der Waals surface area contributed by atoms with Crippen molar-refractivity contribution in [1.82, 2.24) is 9.55 Å². The van der Waals surface area contributed by atoms with E-state index in [1.165, 1.54) is 6.33 Å². The summed E-state index contributed by atoms with van der Waals surface area (Å²) in [5.41, 5.74) is 1.31. The molecular weight excluding hydrogens is 362 g/mol. The van der Waals surface area contributed by atoms with Crippen molar-refractivity contribution in [3.8, 4) is 0 Å². The topological polar surface area (TPSA) is 127 Å². The van der Waals surface area contributed by atoms with Gasteiger partial charge >= 0.3 is 0 Å². The van der Waals surface area contributed by atoms with Crippen molar-refractivity contribution in [3.63, 3.8) is 0 Å². The lowest BCUT2D eigenvalue weighted by atomic mass is 10.1. The molecule has 2 aliphatic rings. The van der Waals surface area contributed by atoms with Gasteiger partial charge in [0.1, 0.15) is 36.0 Å². The first-order chi connectivity index (χ1) is 13.4. The summed E-state index contributed by atoms with van der Waals surface area (Å²) in [6.07, 6.45) is -2.91. The summed E-state index contributed by atoms with van der Waals surface area (Å²) in [5, 5.41) is 42.0. The molecule has 0 unspecified atom stereocenters. The van der Waals surface area contributed by atoms with Crippen molar-refractivity contribution in [3.05, 3.63) is 42.4 Å². The molecule has 28 heavy (non-hydrogen) atoms. The molecule has 0 amide bonds. The van der Waals surface area contributed by atoms with E-state index in [0.717, 1.165) is 5.69 Å². The van der Waals surface area contributed by atoms with Gasteiger partial charge in [-0.2, -0.15) is 0 Å². The molecule has 9 heteroatoms. The molecular formula is C19H25N5O4. The lowest BCUT2D eigenvalue weighted by Gasteiger charge is -2.41. The smallest absolute Gasteiger partial charge is 0.165 e. The van der Waals surface area contributed by atoms with Crippen molar-refractivity contribution in [2.75, 3.05) is 16.8 Å². The third-order valence-corrected chi connectivity index (χ3v) is 5.28. The highest BCUT2D eigenvalue weighted by molar-refractivity contribution is 6.11.